The number of hydrogen-bond donors (Lipinski definition) is 0. The lowest BCUT2D eigenvalue weighted by atomic mass is 10.0. The standard InChI is InChI=1S/C25H26N2O8/c1-6-34-22-12-17(8-10-21(22)33-5)20(13-23(30)27(15(3)28)35-16(4)29)26-24(31)18-9-7-14(2)11-19(18)25(26)32/h7-12,20H,6,13H2,1-5H3/t20-/m1/s1. The normalized spacial score (nSPS) is 13.2. The Labute approximate surface area is 202 Å². The summed E-state index contributed by atoms with van der Waals surface area (Å²) in [7, 11) is 1.47. The first-order valence-corrected chi connectivity index (χ1v) is 10.9. The molecule has 0 unspecified atom stereocenters. The average molecular weight is 482 g/mol. The third-order valence-electron chi connectivity index (χ3n) is 5.36. The summed E-state index contributed by atoms with van der Waals surface area (Å²) in [6.45, 7) is 6.00. The van der Waals surface area contributed by atoms with Crippen LogP contribution in [0.15, 0.2) is 36.4 Å². The molecular formula is C25H26N2O8. The highest BCUT2D eigenvalue weighted by Crippen LogP contribution is 2.38. The molecule has 35 heavy (non-hydrogen) atoms. The number of ether oxygens (including phenoxy) is 2. The smallest absolute Gasteiger partial charge is 0.330 e. The summed E-state index contributed by atoms with van der Waals surface area (Å²) >= 11 is 0. The second-order valence-corrected chi connectivity index (χ2v) is 7.88. The highest BCUT2D eigenvalue weighted by Gasteiger charge is 2.42. The minimum absolute atomic E-state index is 0.208. The van der Waals surface area contributed by atoms with Gasteiger partial charge in [-0.2, -0.15) is 0 Å². The van der Waals surface area contributed by atoms with E-state index < -0.39 is 42.1 Å². The van der Waals surface area contributed by atoms with Crippen LogP contribution < -0.4 is 9.47 Å². The molecule has 0 N–H and O–H groups in total. The Kier molecular flexibility index (Phi) is 7.53. The van der Waals surface area contributed by atoms with Crippen molar-refractivity contribution in [1.29, 1.82) is 0 Å². The maximum atomic E-state index is 13.3. The Morgan fingerprint density at radius 3 is 2.26 bits per heavy atom. The van der Waals surface area contributed by atoms with Gasteiger partial charge in [0.1, 0.15) is 0 Å². The maximum absolute atomic E-state index is 13.3. The molecule has 0 aliphatic carbocycles. The molecule has 0 saturated carbocycles. The van der Waals surface area contributed by atoms with Gasteiger partial charge in [-0.1, -0.05) is 17.7 Å². The fourth-order valence-corrected chi connectivity index (χ4v) is 3.85. The minimum Gasteiger partial charge on any atom is -0.493 e. The summed E-state index contributed by atoms with van der Waals surface area (Å²) in [4.78, 5) is 68.8. The van der Waals surface area contributed by atoms with Crippen molar-refractivity contribution in [1.82, 2.24) is 9.96 Å². The first kappa shape index (κ1) is 25.4. The van der Waals surface area contributed by atoms with E-state index in [0.29, 0.717) is 28.7 Å². The number of fused-ring (bicyclic) bond motifs is 1. The van der Waals surface area contributed by atoms with Crippen LogP contribution in [0.3, 0.4) is 0 Å². The SMILES string of the molecule is CCOc1cc([C@@H](CC(=O)N(OC(C)=O)C(C)=O)N2C(=O)c3ccc(C)cc3C2=O)ccc1OC. The van der Waals surface area contributed by atoms with E-state index in [1.165, 1.54) is 7.11 Å². The van der Waals surface area contributed by atoms with Gasteiger partial charge in [0.2, 0.25) is 0 Å². The Morgan fingerprint density at radius 1 is 0.971 bits per heavy atom. The van der Waals surface area contributed by atoms with Gasteiger partial charge >= 0.3 is 5.97 Å². The lowest BCUT2D eigenvalue weighted by Crippen LogP contribution is -2.41. The zero-order chi connectivity index (χ0) is 25.9. The van der Waals surface area contributed by atoms with Crippen LogP contribution in [-0.2, 0) is 19.2 Å². The van der Waals surface area contributed by atoms with Gasteiger partial charge in [-0.25, -0.2) is 4.79 Å². The van der Waals surface area contributed by atoms with Crippen LogP contribution in [0.1, 0.15) is 65.1 Å². The first-order chi connectivity index (χ1) is 16.6. The molecule has 1 aliphatic rings. The van der Waals surface area contributed by atoms with Crippen LogP contribution >= 0.6 is 0 Å². The number of nitrogens with zero attached hydrogens (tertiary/aromatic N) is 2. The second kappa shape index (κ2) is 10.4. The van der Waals surface area contributed by atoms with Crippen LogP contribution in [0.5, 0.6) is 11.5 Å². The van der Waals surface area contributed by atoms with E-state index in [1.807, 2.05) is 0 Å². The number of amides is 4. The summed E-state index contributed by atoms with van der Waals surface area (Å²) in [5.74, 6) is -3.00. The summed E-state index contributed by atoms with van der Waals surface area (Å²) < 4.78 is 10.9. The molecular weight excluding hydrogens is 456 g/mol. The minimum atomic E-state index is -1.13. The van der Waals surface area contributed by atoms with Gasteiger partial charge in [-0.15, -0.1) is 5.06 Å². The van der Waals surface area contributed by atoms with E-state index in [1.54, 1.807) is 50.2 Å². The molecule has 1 aliphatic heterocycles. The molecule has 0 spiro atoms. The first-order valence-electron chi connectivity index (χ1n) is 10.9. The van der Waals surface area contributed by atoms with Gasteiger partial charge in [-0.05, 0) is 43.7 Å². The van der Waals surface area contributed by atoms with Crippen molar-refractivity contribution < 1.29 is 38.3 Å². The lowest BCUT2D eigenvalue weighted by molar-refractivity contribution is -0.200. The molecule has 10 nitrogen and oxygen atoms in total. The van der Waals surface area contributed by atoms with Crippen molar-refractivity contribution in [3.8, 4) is 11.5 Å². The zero-order valence-corrected chi connectivity index (χ0v) is 20.1. The average Bonchev–Trinajstić information content (AvgIpc) is 3.04. The Morgan fingerprint density at radius 2 is 1.66 bits per heavy atom. The molecule has 3 rings (SSSR count). The molecule has 10 heteroatoms. The Hall–Kier alpha value is -4.21. The van der Waals surface area contributed by atoms with Crippen LogP contribution in [0.25, 0.3) is 0 Å². The number of carbonyl (C=O) groups is 5. The largest absolute Gasteiger partial charge is 0.493 e. The van der Waals surface area contributed by atoms with Gasteiger partial charge in [0.05, 0.1) is 37.3 Å². The fourth-order valence-electron chi connectivity index (χ4n) is 3.85. The van der Waals surface area contributed by atoms with Gasteiger partial charge in [0.25, 0.3) is 23.6 Å². The van der Waals surface area contributed by atoms with Crippen molar-refractivity contribution in [3.63, 3.8) is 0 Å². The van der Waals surface area contributed by atoms with Gasteiger partial charge < -0.3 is 14.3 Å². The molecule has 0 aromatic heterocycles. The molecule has 0 bridgehead atoms. The van der Waals surface area contributed by atoms with Crippen molar-refractivity contribution in [2.24, 2.45) is 0 Å². The predicted molar refractivity (Wildman–Crippen MR) is 122 cm³/mol. The van der Waals surface area contributed by atoms with Gasteiger partial charge in [-0.3, -0.25) is 24.1 Å². The number of methoxy groups -OCH3 is 1. The second-order valence-electron chi connectivity index (χ2n) is 7.88. The van der Waals surface area contributed by atoms with E-state index in [9.17, 15) is 24.0 Å². The lowest BCUT2D eigenvalue weighted by Gasteiger charge is -2.28. The van der Waals surface area contributed by atoms with Crippen molar-refractivity contribution in [2.75, 3.05) is 13.7 Å². The highest BCUT2D eigenvalue weighted by atomic mass is 16.7. The number of rotatable bonds is 7. The molecule has 1 heterocycles. The molecule has 1 atom stereocenters. The van der Waals surface area contributed by atoms with E-state index in [2.05, 4.69) is 0 Å². The topological polar surface area (TPSA) is 120 Å². The van der Waals surface area contributed by atoms with Crippen LogP contribution in [0.2, 0.25) is 0 Å². The predicted octanol–water partition coefficient (Wildman–Crippen LogP) is 2.98. The molecule has 0 saturated heterocycles. The molecule has 184 valence electrons. The zero-order valence-electron chi connectivity index (χ0n) is 20.1. The number of aryl methyl sites for hydroxylation is 1. The highest BCUT2D eigenvalue weighted by molar-refractivity contribution is 6.21. The third-order valence-corrected chi connectivity index (χ3v) is 5.36. The van der Waals surface area contributed by atoms with E-state index in [-0.39, 0.29) is 11.1 Å². The molecule has 2 aromatic rings. The van der Waals surface area contributed by atoms with E-state index in [4.69, 9.17) is 14.3 Å². The van der Waals surface area contributed by atoms with Crippen LogP contribution in [0.4, 0.5) is 0 Å². The number of imide groups is 2. The number of benzene rings is 2. The summed E-state index contributed by atoms with van der Waals surface area (Å²) in [5, 5.41) is 0.324. The number of carbonyl (C=O) groups excluding carboxylic acids is 5. The fraction of sp³-hybridized carbons (Fsp3) is 0.320. The van der Waals surface area contributed by atoms with Gasteiger partial charge in [0, 0.05) is 13.8 Å². The molecule has 0 fully saturated rings. The monoisotopic (exact) mass is 482 g/mol. The maximum Gasteiger partial charge on any atom is 0.330 e. The quantitative estimate of drug-likeness (QED) is 0.436. The van der Waals surface area contributed by atoms with Gasteiger partial charge in [0.15, 0.2) is 11.5 Å². The Bertz CT molecular complexity index is 1210. The summed E-state index contributed by atoms with van der Waals surface area (Å²) in [5.41, 5.74) is 1.61. The van der Waals surface area contributed by atoms with Crippen molar-refractivity contribution in [3.05, 3.63) is 58.7 Å². The molecule has 2 aromatic carbocycles. The number of hydrogen-bond acceptors (Lipinski definition) is 8. The number of hydroxylamine groups is 2. The van der Waals surface area contributed by atoms with E-state index >= 15 is 0 Å². The molecule has 4 amide bonds. The summed E-state index contributed by atoms with van der Waals surface area (Å²) in [6.07, 6.45) is -0.519. The molecule has 0 radical (unpaired) electrons. The Balaban J connectivity index is 2.10. The van der Waals surface area contributed by atoms with Crippen LogP contribution in [0, 0.1) is 6.92 Å². The van der Waals surface area contributed by atoms with Crippen LogP contribution in [-0.4, -0.2) is 53.3 Å². The third kappa shape index (κ3) is 5.16. The van der Waals surface area contributed by atoms with E-state index in [0.717, 1.165) is 24.3 Å². The van der Waals surface area contributed by atoms with Crippen molar-refractivity contribution in [2.45, 2.75) is 40.2 Å². The summed E-state index contributed by atoms with van der Waals surface area (Å²) in [6, 6.07) is 8.51. The van der Waals surface area contributed by atoms with Crippen molar-refractivity contribution >= 4 is 29.6 Å².